The van der Waals surface area contributed by atoms with Crippen LogP contribution in [0.5, 0.6) is 5.75 Å². The Hall–Kier alpha value is -2.18. The number of carbonyl (C=O) groups excluding carboxylic acids is 1. The molecule has 7 heteroatoms. The van der Waals surface area contributed by atoms with Gasteiger partial charge in [-0.3, -0.25) is 4.79 Å². The lowest BCUT2D eigenvalue weighted by Gasteiger charge is -2.18. The second kappa shape index (κ2) is 7.44. The minimum Gasteiger partial charge on any atom is -0.483 e. The van der Waals surface area contributed by atoms with Gasteiger partial charge in [0.1, 0.15) is 22.7 Å². The van der Waals surface area contributed by atoms with Gasteiger partial charge in [-0.25, -0.2) is 9.97 Å². The van der Waals surface area contributed by atoms with Crippen LogP contribution in [-0.4, -0.2) is 22.5 Å². The van der Waals surface area contributed by atoms with Crippen LogP contribution in [0.1, 0.15) is 29.3 Å². The molecule has 0 fully saturated rings. The lowest BCUT2D eigenvalue weighted by Crippen LogP contribution is -2.21. The molecule has 1 N–H and O–H groups in total. The Morgan fingerprint density at radius 2 is 2.26 bits per heavy atom. The Kier molecular flexibility index (Phi) is 5.02. The summed E-state index contributed by atoms with van der Waals surface area (Å²) >= 11 is 7.66. The molecular formula is C20H20ClN3O2S. The third-order valence-corrected chi connectivity index (χ3v) is 6.28. The van der Waals surface area contributed by atoms with Crippen LogP contribution in [-0.2, 0) is 17.6 Å². The highest BCUT2D eigenvalue weighted by molar-refractivity contribution is 7.19. The predicted molar refractivity (Wildman–Crippen MR) is 109 cm³/mol. The number of nitrogens with one attached hydrogen (secondary N) is 1. The third kappa shape index (κ3) is 3.77. The van der Waals surface area contributed by atoms with Gasteiger partial charge < -0.3 is 10.1 Å². The number of amides is 1. The first-order valence-electron chi connectivity index (χ1n) is 8.95. The van der Waals surface area contributed by atoms with Crippen LogP contribution in [0.3, 0.4) is 0 Å². The van der Waals surface area contributed by atoms with Gasteiger partial charge in [0.05, 0.1) is 5.39 Å². The van der Waals surface area contributed by atoms with Gasteiger partial charge in [0, 0.05) is 9.90 Å². The lowest BCUT2D eigenvalue weighted by molar-refractivity contribution is -0.118. The number of thiophene rings is 1. The third-order valence-electron chi connectivity index (χ3n) is 4.84. The van der Waals surface area contributed by atoms with Crippen LogP contribution < -0.4 is 10.1 Å². The number of hydrogen-bond donors (Lipinski definition) is 1. The van der Waals surface area contributed by atoms with E-state index in [1.54, 1.807) is 23.5 Å². The topological polar surface area (TPSA) is 64.1 Å². The molecule has 2 aromatic heterocycles. The molecule has 1 atom stereocenters. The molecule has 5 nitrogen and oxygen atoms in total. The summed E-state index contributed by atoms with van der Waals surface area (Å²) in [7, 11) is 0. The van der Waals surface area contributed by atoms with Gasteiger partial charge in [0.2, 0.25) is 0 Å². The Labute approximate surface area is 166 Å². The summed E-state index contributed by atoms with van der Waals surface area (Å²) < 4.78 is 5.64. The van der Waals surface area contributed by atoms with E-state index in [4.69, 9.17) is 16.3 Å². The van der Waals surface area contributed by atoms with Crippen molar-refractivity contribution in [3.8, 4) is 5.75 Å². The SMILES string of the molecule is Cc1cc(Cl)ccc1OCC(=O)Nc1ncnc2sc3c(c12)CC(C)CC3. The molecule has 0 aliphatic heterocycles. The van der Waals surface area contributed by atoms with Crippen molar-refractivity contribution in [3.63, 3.8) is 0 Å². The minimum atomic E-state index is -0.242. The first-order chi connectivity index (χ1) is 13.0. The number of hydrogen-bond acceptors (Lipinski definition) is 5. The van der Waals surface area contributed by atoms with Crippen molar-refractivity contribution in [2.75, 3.05) is 11.9 Å². The number of halogens is 1. The molecule has 1 aliphatic carbocycles. The van der Waals surface area contributed by atoms with Crippen LogP contribution in [0.15, 0.2) is 24.5 Å². The Morgan fingerprint density at radius 1 is 1.41 bits per heavy atom. The van der Waals surface area contributed by atoms with Crippen LogP contribution in [0.25, 0.3) is 10.2 Å². The van der Waals surface area contributed by atoms with Crippen molar-refractivity contribution < 1.29 is 9.53 Å². The van der Waals surface area contributed by atoms with Gasteiger partial charge in [0.25, 0.3) is 5.91 Å². The second-order valence-electron chi connectivity index (χ2n) is 7.00. The zero-order valence-electron chi connectivity index (χ0n) is 15.2. The maximum atomic E-state index is 12.4. The van der Waals surface area contributed by atoms with Gasteiger partial charge in [-0.15, -0.1) is 11.3 Å². The van der Waals surface area contributed by atoms with E-state index in [-0.39, 0.29) is 12.5 Å². The predicted octanol–water partition coefficient (Wildman–Crippen LogP) is 4.80. The average Bonchev–Trinajstić information content (AvgIpc) is 3.00. The summed E-state index contributed by atoms with van der Waals surface area (Å²) in [5.41, 5.74) is 2.18. The van der Waals surface area contributed by atoms with E-state index in [9.17, 15) is 4.79 Å². The molecule has 1 aromatic carbocycles. The van der Waals surface area contributed by atoms with Gasteiger partial charge in [-0.2, -0.15) is 0 Å². The summed E-state index contributed by atoms with van der Waals surface area (Å²) in [5.74, 6) is 1.61. The molecule has 140 valence electrons. The summed E-state index contributed by atoms with van der Waals surface area (Å²) in [4.78, 5) is 23.5. The summed E-state index contributed by atoms with van der Waals surface area (Å²) in [6.45, 7) is 4.07. The Bertz CT molecular complexity index is 1020. The molecule has 0 spiro atoms. The Morgan fingerprint density at radius 3 is 3.07 bits per heavy atom. The molecule has 1 amide bonds. The summed E-state index contributed by atoms with van der Waals surface area (Å²) in [6, 6.07) is 5.32. The van der Waals surface area contributed by atoms with E-state index in [0.29, 0.717) is 22.5 Å². The monoisotopic (exact) mass is 401 g/mol. The molecule has 1 unspecified atom stereocenters. The first-order valence-corrected chi connectivity index (χ1v) is 10.1. The number of fused-ring (bicyclic) bond motifs is 3. The quantitative estimate of drug-likeness (QED) is 0.682. The van der Waals surface area contributed by atoms with E-state index >= 15 is 0 Å². The zero-order valence-corrected chi connectivity index (χ0v) is 16.8. The molecule has 4 rings (SSSR count). The molecule has 2 heterocycles. The molecular weight excluding hydrogens is 382 g/mol. The molecule has 1 aliphatic rings. The number of rotatable bonds is 4. The molecule has 3 aromatic rings. The largest absolute Gasteiger partial charge is 0.483 e. The number of anilines is 1. The number of ether oxygens (including phenoxy) is 1. The second-order valence-corrected chi connectivity index (χ2v) is 8.52. The number of nitrogens with zero attached hydrogens (tertiary/aromatic N) is 2. The molecule has 0 radical (unpaired) electrons. The van der Waals surface area contributed by atoms with E-state index in [1.807, 2.05) is 13.0 Å². The fraction of sp³-hybridized carbons (Fsp3) is 0.350. The van der Waals surface area contributed by atoms with Crippen LogP contribution in [0, 0.1) is 12.8 Å². The number of benzene rings is 1. The van der Waals surface area contributed by atoms with Crippen LogP contribution in [0.4, 0.5) is 5.82 Å². The van der Waals surface area contributed by atoms with Crippen molar-refractivity contribution in [2.45, 2.75) is 33.1 Å². The maximum Gasteiger partial charge on any atom is 0.263 e. The van der Waals surface area contributed by atoms with E-state index in [0.717, 1.165) is 28.6 Å². The first kappa shape index (κ1) is 18.2. The fourth-order valence-corrected chi connectivity index (χ4v) is 4.87. The highest BCUT2D eigenvalue weighted by Gasteiger charge is 2.23. The zero-order chi connectivity index (χ0) is 19.0. The Balaban J connectivity index is 1.53. The number of aryl methyl sites for hydroxylation is 2. The summed E-state index contributed by atoms with van der Waals surface area (Å²) in [5, 5.41) is 4.53. The van der Waals surface area contributed by atoms with Crippen LogP contribution in [0.2, 0.25) is 5.02 Å². The van der Waals surface area contributed by atoms with Crippen molar-refractivity contribution in [1.29, 1.82) is 0 Å². The van der Waals surface area contributed by atoms with Gasteiger partial charge in [-0.1, -0.05) is 18.5 Å². The van der Waals surface area contributed by atoms with Gasteiger partial charge in [0.15, 0.2) is 6.61 Å². The molecule has 0 saturated heterocycles. The molecule has 27 heavy (non-hydrogen) atoms. The highest BCUT2D eigenvalue weighted by atomic mass is 35.5. The molecule has 0 saturated carbocycles. The van der Waals surface area contributed by atoms with Crippen molar-refractivity contribution in [3.05, 3.63) is 45.6 Å². The molecule has 0 bridgehead atoms. The van der Waals surface area contributed by atoms with Crippen molar-refractivity contribution >= 4 is 44.9 Å². The number of aromatic nitrogens is 2. The summed E-state index contributed by atoms with van der Waals surface area (Å²) in [6.07, 6.45) is 4.78. The highest BCUT2D eigenvalue weighted by Crippen LogP contribution is 2.39. The van der Waals surface area contributed by atoms with E-state index in [1.165, 1.54) is 23.2 Å². The number of carbonyl (C=O) groups is 1. The van der Waals surface area contributed by atoms with Gasteiger partial charge in [-0.05, 0) is 61.4 Å². The average molecular weight is 402 g/mol. The van der Waals surface area contributed by atoms with Crippen LogP contribution >= 0.6 is 22.9 Å². The minimum absolute atomic E-state index is 0.0866. The van der Waals surface area contributed by atoms with Crippen molar-refractivity contribution in [1.82, 2.24) is 9.97 Å². The standard InChI is InChI=1S/C20H20ClN3O2S/c1-11-3-6-16-14(7-11)18-19(22-10-23-20(18)27-16)24-17(25)9-26-15-5-4-13(21)8-12(15)2/h4-5,8,10-11H,3,6-7,9H2,1-2H3,(H,22,23,24,25). The normalized spacial score (nSPS) is 16.2. The van der Waals surface area contributed by atoms with E-state index < -0.39 is 0 Å². The van der Waals surface area contributed by atoms with Gasteiger partial charge >= 0.3 is 0 Å². The maximum absolute atomic E-state index is 12.4. The smallest absolute Gasteiger partial charge is 0.263 e. The lowest BCUT2D eigenvalue weighted by atomic mass is 9.88. The van der Waals surface area contributed by atoms with Crippen molar-refractivity contribution in [2.24, 2.45) is 5.92 Å². The van der Waals surface area contributed by atoms with E-state index in [2.05, 4.69) is 22.2 Å². The fourth-order valence-electron chi connectivity index (χ4n) is 3.46.